The summed E-state index contributed by atoms with van der Waals surface area (Å²) in [6.07, 6.45) is 0.582. The van der Waals surface area contributed by atoms with E-state index < -0.39 is 0 Å². The number of phenolic OH excluding ortho intramolecular Hbond substituents is 1. The van der Waals surface area contributed by atoms with Crippen LogP contribution in [0.3, 0.4) is 0 Å². The van der Waals surface area contributed by atoms with E-state index in [0.29, 0.717) is 24.7 Å². The van der Waals surface area contributed by atoms with Crippen molar-refractivity contribution < 1.29 is 14.9 Å². The zero-order valence-electron chi connectivity index (χ0n) is 9.23. The molecule has 0 heterocycles. The molecule has 0 aliphatic heterocycles. The molecule has 0 aliphatic carbocycles. The Kier molecular flexibility index (Phi) is 4.43. The highest BCUT2D eigenvalue weighted by atomic mass is 16.5. The molecule has 3 heteroatoms. The topological polar surface area (TPSA) is 49.7 Å². The molecule has 0 saturated heterocycles. The van der Waals surface area contributed by atoms with Gasteiger partial charge in [0.2, 0.25) is 0 Å². The van der Waals surface area contributed by atoms with Crippen molar-refractivity contribution in [2.75, 3.05) is 13.2 Å². The molecule has 0 spiro atoms. The maximum atomic E-state index is 9.53. The molecule has 0 radical (unpaired) electrons. The number of ether oxygens (including phenoxy) is 1. The summed E-state index contributed by atoms with van der Waals surface area (Å²) in [5.41, 5.74) is 0.967. The van der Waals surface area contributed by atoms with Crippen molar-refractivity contribution in [3.05, 3.63) is 23.8 Å². The minimum absolute atomic E-state index is 0.106. The van der Waals surface area contributed by atoms with Gasteiger partial charge in [0.05, 0.1) is 6.61 Å². The van der Waals surface area contributed by atoms with Crippen LogP contribution in [0.15, 0.2) is 18.2 Å². The number of hydrogen-bond acceptors (Lipinski definition) is 3. The number of phenols is 1. The van der Waals surface area contributed by atoms with E-state index in [2.05, 4.69) is 13.8 Å². The van der Waals surface area contributed by atoms with Crippen LogP contribution >= 0.6 is 0 Å². The fourth-order valence-electron chi connectivity index (χ4n) is 1.22. The molecule has 2 N–H and O–H groups in total. The van der Waals surface area contributed by atoms with Crippen molar-refractivity contribution in [2.45, 2.75) is 20.3 Å². The molecule has 1 aromatic carbocycles. The van der Waals surface area contributed by atoms with Gasteiger partial charge < -0.3 is 14.9 Å². The first-order chi connectivity index (χ1) is 7.13. The van der Waals surface area contributed by atoms with Crippen molar-refractivity contribution >= 4 is 0 Å². The summed E-state index contributed by atoms with van der Waals surface area (Å²) in [7, 11) is 0. The fraction of sp³-hybridized carbons (Fsp3) is 0.500. The zero-order chi connectivity index (χ0) is 11.3. The lowest BCUT2D eigenvalue weighted by atomic mass is 10.1. The number of aliphatic hydroxyl groups is 1. The van der Waals surface area contributed by atoms with Crippen LogP contribution in [0.2, 0.25) is 0 Å². The third kappa shape index (κ3) is 3.80. The fourth-order valence-corrected chi connectivity index (χ4v) is 1.22. The largest absolute Gasteiger partial charge is 0.504 e. The first-order valence-corrected chi connectivity index (χ1v) is 5.19. The predicted octanol–water partition coefficient (Wildman–Crippen LogP) is 1.96. The molecule has 1 aromatic rings. The van der Waals surface area contributed by atoms with Gasteiger partial charge in [-0.1, -0.05) is 19.9 Å². The van der Waals surface area contributed by atoms with Crippen LogP contribution in [0.4, 0.5) is 0 Å². The number of aliphatic hydroxyl groups excluding tert-OH is 1. The van der Waals surface area contributed by atoms with E-state index >= 15 is 0 Å². The van der Waals surface area contributed by atoms with Crippen molar-refractivity contribution in [3.63, 3.8) is 0 Å². The van der Waals surface area contributed by atoms with Gasteiger partial charge in [0.25, 0.3) is 0 Å². The molecule has 0 fully saturated rings. The van der Waals surface area contributed by atoms with E-state index in [1.54, 1.807) is 18.2 Å². The van der Waals surface area contributed by atoms with Gasteiger partial charge in [-0.15, -0.1) is 0 Å². The number of aromatic hydroxyl groups is 1. The van der Waals surface area contributed by atoms with Crippen LogP contribution in [0.5, 0.6) is 11.5 Å². The maximum absolute atomic E-state index is 9.53. The van der Waals surface area contributed by atoms with E-state index in [1.165, 1.54) is 0 Å². The Morgan fingerprint density at radius 3 is 2.67 bits per heavy atom. The predicted molar refractivity (Wildman–Crippen MR) is 59.2 cm³/mol. The second-order valence-corrected chi connectivity index (χ2v) is 3.98. The van der Waals surface area contributed by atoms with Crippen LogP contribution < -0.4 is 4.74 Å². The van der Waals surface area contributed by atoms with Crippen molar-refractivity contribution in [1.29, 1.82) is 0 Å². The number of benzene rings is 1. The SMILES string of the molecule is CC(C)COc1cc(CCO)ccc1O. The van der Waals surface area contributed by atoms with Gasteiger partial charge >= 0.3 is 0 Å². The quantitative estimate of drug-likeness (QED) is 0.781. The summed E-state index contributed by atoms with van der Waals surface area (Å²) in [5.74, 6) is 1.07. The molecule has 0 aliphatic rings. The first kappa shape index (κ1) is 11.9. The molecule has 0 amide bonds. The molecule has 3 nitrogen and oxygen atoms in total. The summed E-state index contributed by atoms with van der Waals surface area (Å²) in [5, 5.41) is 18.3. The number of hydrogen-bond donors (Lipinski definition) is 2. The minimum Gasteiger partial charge on any atom is -0.504 e. The summed E-state index contributed by atoms with van der Waals surface area (Å²) < 4.78 is 5.45. The van der Waals surface area contributed by atoms with Crippen molar-refractivity contribution in [1.82, 2.24) is 0 Å². The third-order valence-corrected chi connectivity index (χ3v) is 2.00. The van der Waals surface area contributed by atoms with Crippen LogP contribution in [0, 0.1) is 5.92 Å². The van der Waals surface area contributed by atoms with Crippen LogP contribution in [0.25, 0.3) is 0 Å². The highest BCUT2D eigenvalue weighted by Crippen LogP contribution is 2.27. The summed E-state index contributed by atoms with van der Waals surface area (Å²) in [4.78, 5) is 0. The molecule has 15 heavy (non-hydrogen) atoms. The maximum Gasteiger partial charge on any atom is 0.161 e. The molecule has 0 atom stereocenters. The molecule has 0 bridgehead atoms. The summed E-state index contributed by atoms with van der Waals surface area (Å²) in [6, 6.07) is 5.16. The van der Waals surface area contributed by atoms with Gasteiger partial charge in [-0.2, -0.15) is 0 Å². The standard InChI is InChI=1S/C12H18O3/c1-9(2)8-15-12-7-10(5-6-13)3-4-11(12)14/h3-4,7,9,13-14H,5-6,8H2,1-2H3. The smallest absolute Gasteiger partial charge is 0.161 e. The molecular formula is C12H18O3. The normalized spacial score (nSPS) is 10.7. The Hall–Kier alpha value is -1.22. The molecule has 0 unspecified atom stereocenters. The molecular weight excluding hydrogens is 192 g/mol. The van der Waals surface area contributed by atoms with E-state index in [1.807, 2.05) is 0 Å². The first-order valence-electron chi connectivity index (χ1n) is 5.19. The van der Waals surface area contributed by atoms with Crippen LogP contribution in [-0.4, -0.2) is 23.4 Å². The van der Waals surface area contributed by atoms with Crippen molar-refractivity contribution in [3.8, 4) is 11.5 Å². The Labute approximate surface area is 90.3 Å². The minimum atomic E-state index is 0.106. The van der Waals surface area contributed by atoms with Gasteiger partial charge in [0.1, 0.15) is 0 Å². The van der Waals surface area contributed by atoms with Gasteiger partial charge in [-0.3, -0.25) is 0 Å². The lowest BCUT2D eigenvalue weighted by Gasteiger charge is -2.11. The van der Waals surface area contributed by atoms with Crippen molar-refractivity contribution in [2.24, 2.45) is 5.92 Å². The molecule has 0 aromatic heterocycles. The van der Waals surface area contributed by atoms with Gasteiger partial charge in [0, 0.05) is 6.61 Å². The average molecular weight is 210 g/mol. The van der Waals surface area contributed by atoms with E-state index in [0.717, 1.165) is 5.56 Å². The summed E-state index contributed by atoms with van der Waals surface area (Å²) >= 11 is 0. The molecule has 84 valence electrons. The lowest BCUT2D eigenvalue weighted by molar-refractivity contribution is 0.258. The number of rotatable bonds is 5. The monoisotopic (exact) mass is 210 g/mol. The Balaban J connectivity index is 2.71. The van der Waals surface area contributed by atoms with Gasteiger partial charge in [-0.05, 0) is 30.0 Å². The van der Waals surface area contributed by atoms with Crippen LogP contribution in [0.1, 0.15) is 19.4 Å². The highest BCUT2D eigenvalue weighted by Gasteiger charge is 2.04. The van der Waals surface area contributed by atoms with Gasteiger partial charge in [-0.25, -0.2) is 0 Å². The van der Waals surface area contributed by atoms with E-state index in [4.69, 9.17) is 9.84 Å². The van der Waals surface area contributed by atoms with E-state index in [-0.39, 0.29) is 12.4 Å². The third-order valence-electron chi connectivity index (χ3n) is 2.00. The lowest BCUT2D eigenvalue weighted by Crippen LogP contribution is -2.05. The van der Waals surface area contributed by atoms with Gasteiger partial charge in [0.15, 0.2) is 11.5 Å². The van der Waals surface area contributed by atoms with Crippen LogP contribution in [-0.2, 0) is 6.42 Å². The zero-order valence-corrected chi connectivity index (χ0v) is 9.23. The second kappa shape index (κ2) is 5.61. The second-order valence-electron chi connectivity index (χ2n) is 3.98. The summed E-state index contributed by atoms with van der Waals surface area (Å²) in [6.45, 7) is 4.79. The Morgan fingerprint density at radius 2 is 2.07 bits per heavy atom. The molecule has 1 rings (SSSR count). The Morgan fingerprint density at radius 1 is 1.33 bits per heavy atom. The van der Waals surface area contributed by atoms with E-state index in [9.17, 15) is 5.11 Å². The average Bonchev–Trinajstić information content (AvgIpc) is 2.19. The Bertz CT molecular complexity index is 308. The molecule has 0 saturated carbocycles. The highest BCUT2D eigenvalue weighted by molar-refractivity contribution is 5.41.